The third-order valence-corrected chi connectivity index (χ3v) is 1.43. The second-order valence-electron chi connectivity index (χ2n) is 2.78. The minimum atomic E-state index is 0.626. The molecule has 0 unspecified atom stereocenters. The molecule has 0 saturated carbocycles. The van der Waals surface area contributed by atoms with Gasteiger partial charge in [-0.1, -0.05) is 24.3 Å². The van der Waals surface area contributed by atoms with Crippen LogP contribution in [0.15, 0.2) is 47.3 Å². The van der Waals surface area contributed by atoms with Crippen LogP contribution in [-0.4, -0.2) is 4.98 Å². The van der Waals surface area contributed by atoms with Crippen molar-refractivity contribution in [1.29, 1.82) is 0 Å². The third-order valence-electron chi connectivity index (χ3n) is 1.43. The average Bonchev–Trinajstić information content (AvgIpc) is 2.54. The van der Waals surface area contributed by atoms with Gasteiger partial charge in [-0.15, -0.1) is 0 Å². The van der Waals surface area contributed by atoms with E-state index in [2.05, 4.69) is 11.6 Å². The summed E-state index contributed by atoms with van der Waals surface area (Å²) in [6, 6.07) is 0. The SMILES string of the molecule is C=C(C)/C=C(\C=CC)c1ncco1. The van der Waals surface area contributed by atoms with E-state index < -0.39 is 0 Å². The quantitative estimate of drug-likeness (QED) is 0.659. The van der Waals surface area contributed by atoms with E-state index in [1.165, 1.54) is 0 Å². The van der Waals surface area contributed by atoms with E-state index in [0.29, 0.717) is 5.89 Å². The Labute approximate surface area is 78.3 Å². The number of oxazole rings is 1. The summed E-state index contributed by atoms with van der Waals surface area (Å²) in [6.07, 6.45) is 9.02. The smallest absolute Gasteiger partial charge is 0.225 e. The van der Waals surface area contributed by atoms with Crippen LogP contribution in [-0.2, 0) is 0 Å². The van der Waals surface area contributed by atoms with Gasteiger partial charge in [-0.05, 0) is 19.9 Å². The topological polar surface area (TPSA) is 26.0 Å². The predicted molar refractivity (Wildman–Crippen MR) is 54.1 cm³/mol. The van der Waals surface area contributed by atoms with E-state index in [1.54, 1.807) is 12.5 Å². The van der Waals surface area contributed by atoms with Gasteiger partial charge in [0.15, 0.2) is 0 Å². The maximum atomic E-state index is 5.18. The molecule has 0 bridgehead atoms. The van der Waals surface area contributed by atoms with Gasteiger partial charge >= 0.3 is 0 Å². The van der Waals surface area contributed by atoms with Gasteiger partial charge in [0.1, 0.15) is 6.26 Å². The van der Waals surface area contributed by atoms with Crippen molar-refractivity contribution in [3.8, 4) is 0 Å². The Bertz CT molecular complexity index is 331. The van der Waals surface area contributed by atoms with Gasteiger partial charge in [0.2, 0.25) is 5.89 Å². The molecule has 0 aromatic carbocycles. The highest BCUT2D eigenvalue weighted by molar-refractivity contribution is 5.70. The summed E-state index contributed by atoms with van der Waals surface area (Å²) in [4.78, 5) is 4.06. The van der Waals surface area contributed by atoms with Crippen LogP contribution in [0.1, 0.15) is 19.7 Å². The highest BCUT2D eigenvalue weighted by Gasteiger charge is 2.01. The number of aromatic nitrogens is 1. The van der Waals surface area contributed by atoms with E-state index in [0.717, 1.165) is 11.1 Å². The molecule has 0 aliphatic carbocycles. The number of allylic oxidation sites excluding steroid dienone is 5. The molecule has 2 heteroatoms. The zero-order chi connectivity index (χ0) is 9.68. The first-order chi connectivity index (χ1) is 6.24. The summed E-state index contributed by atoms with van der Waals surface area (Å²) in [5.41, 5.74) is 1.92. The van der Waals surface area contributed by atoms with E-state index in [9.17, 15) is 0 Å². The minimum Gasteiger partial charge on any atom is -0.445 e. The number of hydrogen-bond donors (Lipinski definition) is 0. The molecule has 1 heterocycles. The zero-order valence-corrected chi connectivity index (χ0v) is 7.95. The van der Waals surface area contributed by atoms with Crippen molar-refractivity contribution in [3.05, 3.63) is 48.7 Å². The first-order valence-electron chi connectivity index (χ1n) is 4.14. The largest absolute Gasteiger partial charge is 0.445 e. The molecule has 68 valence electrons. The highest BCUT2D eigenvalue weighted by atomic mass is 16.3. The fraction of sp³-hybridized carbons (Fsp3) is 0.182. The second-order valence-corrected chi connectivity index (χ2v) is 2.78. The van der Waals surface area contributed by atoms with Gasteiger partial charge in [0.05, 0.1) is 6.20 Å². The third kappa shape index (κ3) is 2.75. The molecule has 0 aliphatic heterocycles. The van der Waals surface area contributed by atoms with E-state index in [1.807, 2.05) is 32.1 Å². The Morgan fingerprint density at radius 2 is 2.38 bits per heavy atom. The van der Waals surface area contributed by atoms with Crippen molar-refractivity contribution in [2.45, 2.75) is 13.8 Å². The number of hydrogen-bond acceptors (Lipinski definition) is 2. The molecule has 0 saturated heterocycles. The van der Waals surface area contributed by atoms with Crippen LogP contribution in [0.4, 0.5) is 0 Å². The van der Waals surface area contributed by atoms with Crippen LogP contribution in [0.5, 0.6) is 0 Å². The van der Waals surface area contributed by atoms with Crippen LogP contribution < -0.4 is 0 Å². The molecular formula is C11H13NO. The fourth-order valence-corrected chi connectivity index (χ4v) is 0.992. The lowest BCUT2D eigenvalue weighted by atomic mass is 10.2. The summed E-state index contributed by atoms with van der Waals surface area (Å²) in [7, 11) is 0. The van der Waals surface area contributed by atoms with E-state index in [4.69, 9.17) is 4.42 Å². The van der Waals surface area contributed by atoms with Crippen molar-refractivity contribution in [1.82, 2.24) is 4.98 Å². The minimum absolute atomic E-state index is 0.626. The molecule has 0 aliphatic rings. The van der Waals surface area contributed by atoms with Gasteiger partial charge < -0.3 is 4.42 Å². The molecule has 1 rings (SSSR count). The lowest BCUT2D eigenvalue weighted by Gasteiger charge is -1.95. The van der Waals surface area contributed by atoms with Gasteiger partial charge in [-0.2, -0.15) is 0 Å². The number of nitrogens with zero attached hydrogens (tertiary/aromatic N) is 1. The maximum Gasteiger partial charge on any atom is 0.225 e. The van der Waals surface area contributed by atoms with Crippen molar-refractivity contribution in [2.24, 2.45) is 0 Å². The summed E-state index contributed by atoms with van der Waals surface area (Å²) >= 11 is 0. The predicted octanol–water partition coefficient (Wildman–Crippen LogP) is 3.21. The van der Waals surface area contributed by atoms with Gasteiger partial charge in [0.25, 0.3) is 0 Å². The Morgan fingerprint density at radius 3 is 2.85 bits per heavy atom. The molecule has 0 fully saturated rings. The van der Waals surface area contributed by atoms with Crippen LogP contribution in [0, 0.1) is 0 Å². The molecule has 0 N–H and O–H groups in total. The molecule has 0 amide bonds. The van der Waals surface area contributed by atoms with Crippen LogP contribution in [0.3, 0.4) is 0 Å². The molecule has 13 heavy (non-hydrogen) atoms. The molecule has 0 atom stereocenters. The van der Waals surface area contributed by atoms with E-state index in [-0.39, 0.29) is 0 Å². The van der Waals surface area contributed by atoms with Crippen molar-refractivity contribution < 1.29 is 4.42 Å². The van der Waals surface area contributed by atoms with Crippen molar-refractivity contribution >= 4 is 5.57 Å². The van der Waals surface area contributed by atoms with Gasteiger partial charge in [-0.25, -0.2) is 4.98 Å². The van der Waals surface area contributed by atoms with Crippen LogP contribution in [0.2, 0.25) is 0 Å². The Morgan fingerprint density at radius 1 is 1.62 bits per heavy atom. The highest BCUT2D eigenvalue weighted by Crippen LogP contribution is 2.15. The Kier molecular flexibility index (Phi) is 3.26. The van der Waals surface area contributed by atoms with Crippen LogP contribution >= 0.6 is 0 Å². The summed E-state index contributed by atoms with van der Waals surface area (Å²) in [6.45, 7) is 7.70. The monoisotopic (exact) mass is 175 g/mol. The van der Waals surface area contributed by atoms with E-state index >= 15 is 0 Å². The summed E-state index contributed by atoms with van der Waals surface area (Å²) < 4.78 is 5.18. The summed E-state index contributed by atoms with van der Waals surface area (Å²) in [5, 5.41) is 0. The molecule has 1 aromatic heterocycles. The lowest BCUT2D eigenvalue weighted by molar-refractivity contribution is 0.543. The van der Waals surface area contributed by atoms with Crippen LogP contribution in [0.25, 0.3) is 5.57 Å². The zero-order valence-electron chi connectivity index (χ0n) is 7.95. The first kappa shape index (κ1) is 9.52. The Balaban J connectivity index is 3.00. The molecule has 0 spiro atoms. The first-order valence-corrected chi connectivity index (χ1v) is 4.14. The fourth-order valence-electron chi connectivity index (χ4n) is 0.992. The normalized spacial score (nSPS) is 12.3. The number of rotatable bonds is 3. The average molecular weight is 175 g/mol. The van der Waals surface area contributed by atoms with Crippen molar-refractivity contribution in [3.63, 3.8) is 0 Å². The van der Waals surface area contributed by atoms with Gasteiger partial charge in [-0.3, -0.25) is 0 Å². The lowest BCUT2D eigenvalue weighted by Crippen LogP contribution is -1.80. The Hall–Kier alpha value is -1.57. The molecular weight excluding hydrogens is 162 g/mol. The maximum absolute atomic E-state index is 5.18. The standard InChI is InChI=1S/C11H13NO/c1-4-5-10(8-9(2)3)11-12-6-7-13-11/h4-8H,2H2,1,3H3/b5-4?,10-8+. The molecule has 2 nitrogen and oxygen atoms in total. The summed E-state index contributed by atoms with van der Waals surface area (Å²) in [5.74, 6) is 0.626. The second kappa shape index (κ2) is 4.45. The van der Waals surface area contributed by atoms with Crippen molar-refractivity contribution in [2.75, 3.05) is 0 Å². The molecule has 1 aromatic rings. The van der Waals surface area contributed by atoms with Gasteiger partial charge in [0, 0.05) is 5.57 Å². The molecule has 0 radical (unpaired) electrons.